The maximum atomic E-state index is 14.1. The van der Waals surface area contributed by atoms with E-state index in [-0.39, 0.29) is 11.1 Å². The summed E-state index contributed by atoms with van der Waals surface area (Å²) < 4.78 is 29.3. The summed E-state index contributed by atoms with van der Waals surface area (Å²) in [7, 11) is 0. The molecular weight excluding hydrogens is 402 g/mol. The third-order valence-corrected chi connectivity index (χ3v) is 6.02. The maximum absolute atomic E-state index is 14.1. The largest absolute Gasteiger partial charge is 0.385 e. The molecule has 1 aliphatic rings. The lowest BCUT2D eigenvalue weighted by molar-refractivity contribution is -0.120. The molecule has 2 aromatic carbocycles. The van der Waals surface area contributed by atoms with Gasteiger partial charge in [-0.15, -0.1) is 0 Å². The molecule has 1 heterocycles. The third kappa shape index (κ3) is 3.77. The Morgan fingerprint density at radius 3 is 2.68 bits per heavy atom. The lowest BCUT2D eigenvalue weighted by Crippen LogP contribution is -2.39. The van der Waals surface area contributed by atoms with Gasteiger partial charge >= 0.3 is 0 Å². The second kappa shape index (κ2) is 7.43. The van der Waals surface area contributed by atoms with Crippen LogP contribution in [0.15, 0.2) is 36.4 Å². The lowest BCUT2D eigenvalue weighted by atomic mass is 9.78. The van der Waals surface area contributed by atoms with Crippen LogP contribution in [0.2, 0.25) is 0 Å². The van der Waals surface area contributed by atoms with Crippen LogP contribution in [0.3, 0.4) is 0 Å². The van der Waals surface area contributed by atoms with Crippen LogP contribution in [0.4, 0.5) is 14.7 Å². The number of imidazole rings is 1. The first kappa shape index (κ1) is 20.9. The molecule has 1 aromatic heterocycles. The Balaban J connectivity index is 1.66. The molecule has 0 aliphatic heterocycles. The molecule has 31 heavy (non-hydrogen) atoms. The van der Waals surface area contributed by atoms with Crippen molar-refractivity contribution in [2.24, 2.45) is 0 Å². The van der Waals surface area contributed by atoms with Crippen molar-refractivity contribution in [3.63, 3.8) is 0 Å². The summed E-state index contributed by atoms with van der Waals surface area (Å²) in [5.41, 5.74) is -0.387. The van der Waals surface area contributed by atoms with E-state index in [9.17, 15) is 23.9 Å². The molecule has 0 bridgehead atoms. The molecule has 1 fully saturated rings. The number of fused-ring (bicyclic) bond motifs is 1. The van der Waals surface area contributed by atoms with Gasteiger partial charge in [-0.3, -0.25) is 10.1 Å². The number of rotatable bonds is 5. The predicted molar refractivity (Wildman–Crippen MR) is 111 cm³/mol. The minimum absolute atomic E-state index is 0.165. The summed E-state index contributed by atoms with van der Waals surface area (Å²) in [6.45, 7) is 3.37. The standard InChI is InChI=1S/C23H22F2N4O2/c1-22(8-3-9-22)29-19-10-14(13-26)4-7-18(19)27-21(29)28-20(30)12-23(2,31)16-6-5-15(24)11-17(16)25/h4-7,10-11,31H,3,8-9,12H2,1-2H3,(H,27,28,30). The topological polar surface area (TPSA) is 90.9 Å². The van der Waals surface area contributed by atoms with E-state index in [1.807, 2.05) is 4.57 Å². The van der Waals surface area contributed by atoms with Crippen molar-refractivity contribution in [2.75, 3.05) is 5.32 Å². The van der Waals surface area contributed by atoms with Gasteiger partial charge in [0.15, 0.2) is 0 Å². The first-order valence-corrected chi connectivity index (χ1v) is 10.0. The molecule has 1 unspecified atom stereocenters. The number of carbonyl (C=O) groups is 1. The molecule has 1 amide bonds. The molecule has 8 heteroatoms. The number of aromatic nitrogens is 2. The molecule has 1 saturated carbocycles. The van der Waals surface area contributed by atoms with Crippen molar-refractivity contribution in [3.8, 4) is 6.07 Å². The highest BCUT2D eigenvalue weighted by Gasteiger charge is 2.38. The maximum Gasteiger partial charge on any atom is 0.229 e. The van der Waals surface area contributed by atoms with Crippen LogP contribution < -0.4 is 5.32 Å². The zero-order valence-electron chi connectivity index (χ0n) is 17.2. The molecule has 0 saturated heterocycles. The van der Waals surface area contributed by atoms with Gasteiger partial charge in [-0.05, 0) is 57.4 Å². The number of nitrogens with one attached hydrogen (secondary N) is 1. The van der Waals surface area contributed by atoms with Crippen LogP contribution >= 0.6 is 0 Å². The highest BCUT2D eigenvalue weighted by Crippen LogP contribution is 2.43. The summed E-state index contributed by atoms with van der Waals surface area (Å²) in [5, 5.41) is 22.7. The Hall–Kier alpha value is -3.31. The molecule has 4 rings (SSSR count). The van der Waals surface area contributed by atoms with Crippen molar-refractivity contribution in [1.29, 1.82) is 5.26 Å². The van der Waals surface area contributed by atoms with Crippen LogP contribution in [0, 0.1) is 23.0 Å². The van der Waals surface area contributed by atoms with Crippen molar-refractivity contribution in [2.45, 2.75) is 50.7 Å². The second-order valence-electron chi connectivity index (χ2n) is 8.56. The summed E-state index contributed by atoms with van der Waals surface area (Å²) in [4.78, 5) is 17.3. The number of hydrogen-bond acceptors (Lipinski definition) is 4. The van der Waals surface area contributed by atoms with E-state index in [4.69, 9.17) is 0 Å². The van der Waals surface area contributed by atoms with E-state index < -0.39 is 29.6 Å². The van der Waals surface area contributed by atoms with E-state index in [2.05, 4.69) is 23.3 Å². The first-order chi connectivity index (χ1) is 14.6. The normalized spacial score (nSPS) is 16.9. The molecule has 1 aliphatic carbocycles. The van der Waals surface area contributed by atoms with E-state index in [1.165, 1.54) is 6.92 Å². The highest BCUT2D eigenvalue weighted by atomic mass is 19.1. The van der Waals surface area contributed by atoms with Crippen molar-refractivity contribution >= 4 is 22.9 Å². The quantitative estimate of drug-likeness (QED) is 0.638. The average Bonchev–Trinajstić information content (AvgIpc) is 3.02. The molecular formula is C23H22F2N4O2. The van der Waals surface area contributed by atoms with E-state index in [0.29, 0.717) is 23.1 Å². The fraction of sp³-hybridized carbons (Fsp3) is 0.348. The van der Waals surface area contributed by atoms with Gasteiger partial charge in [-0.2, -0.15) is 5.26 Å². The van der Waals surface area contributed by atoms with Crippen LogP contribution in [-0.4, -0.2) is 20.6 Å². The summed E-state index contributed by atoms with van der Waals surface area (Å²) >= 11 is 0. The van der Waals surface area contributed by atoms with E-state index in [1.54, 1.807) is 18.2 Å². The van der Waals surface area contributed by atoms with Crippen molar-refractivity contribution in [1.82, 2.24) is 9.55 Å². The van der Waals surface area contributed by atoms with Crippen LogP contribution in [0.1, 0.15) is 50.7 Å². The van der Waals surface area contributed by atoms with Crippen LogP contribution in [-0.2, 0) is 15.9 Å². The summed E-state index contributed by atoms with van der Waals surface area (Å²) in [6.07, 6.45) is 2.40. The Bertz CT molecular complexity index is 1220. The van der Waals surface area contributed by atoms with Crippen LogP contribution in [0.5, 0.6) is 0 Å². The molecule has 6 nitrogen and oxygen atoms in total. The van der Waals surface area contributed by atoms with Gasteiger partial charge in [0.1, 0.15) is 11.6 Å². The minimum atomic E-state index is -1.84. The third-order valence-electron chi connectivity index (χ3n) is 6.02. The fourth-order valence-corrected chi connectivity index (χ4v) is 4.19. The van der Waals surface area contributed by atoms with E-state index in [0.717, 1.165) is 36.9 Å². The number of amides is 1. The Kier molecular flexibility index (Phi) is 5.02. The number of halogens is 2. The van der Waals surface area contributed by atoms with Gasteiger partial charge in [0.05, 0.1) is 34.7 Å². The minimum Gasteiger partial charge on any atom is -0.385 e. The summed E-state index contributed by atoms with van der Waals surface area (Å²) in [6, 6.07) is 10.1. The smallest absolute Gasteiger partial charge is 0.229 e. The van der Waals surface area contributed by atoms with Gasteiger partial charge in [0, 0.05) is 17.2 Å². The van der Waals surface area contributed by atoms with Gasteiger partial charge in [-0.25, -0.2) is 13.8 Å². The molecule has 2 N–H and O–H groups in total. The van der Waals surface area contributed by atoms with E-state index >= 15 is 0 Å². The molecule has 3 aromatic rings. The van der Waals surface area contributed by atoms with Gasteiger partial charge < -0.3 is 9.67 Å². The number of nitriles is 1. The Morgan fingerprint density at radius 1 is 1.32 bits per heavy atom. The number of nitrogens with zero attached hydrogens (tertiary/aromatic N) is 3. The molecule has 0 spiro atoms. The first-order valence-electron chi connectivity index (χ1n) is 10.0. The number of aliphatic hydroxyl groups is 1. The van der Waals surface area contributed by atoms with Gasteiger partial charge in [0.25, 0.3) is 0 Å². The number of benzene rings is 2. The Morgan fingerprint density at radius 2 is 2.06 bits per heavy atom. The fourth-order valence-electron chi connectivity index (χ4n) is 4.19. The van der Waals surface area contributed by atoms with Crippen molar-refractivity contribution in [3.05, 3.63) is 59.2 Å². The predicted octanol–water partition coefficient (Wildman–Crippen LogP) is 4.32. The van der Waals surface area contributed by atoms with Gasteiger partial charge in [0.2, 0.25) is 11.9 Å². The molecule has 1 atom stereocenters. The monoisotopic (exact) mass is 424 g/mol. The highest BCUT2D eigenvalue weighted by molar-refractivity contribution is 5.92. The lowest BCUT2D eigenvalue weighted by Gasteiger charge is -2.41. The average molecular weight is 424 g/mol. The van der Waals surface area contributed by atoms with Crippen LogP contribution in [0.25, 0.3) is 11.0 Å². The zero-order valence-corrected chi connectivity index (χ0v) is 17.2. The number of carbonyl (C=O) groups excluding carboxylic acids is 1. The SMILES string of the molecule is CC(O)(CC(=O)Nc1nc2ccc(C#N)cc2n1C1(C)CCC1)c1ccc(F)cc1F. The van der Waals surface area contributed by atoms with Crippen molar-refractivity contribution < 1.29 is 18.7 Å². The number of hydrogen-bond donors (Lipinski definition) is 2. The number of anilines is 1. The zero-order chi connectivity index (χ0) is 22.4. The Labute approximate surface area is 178 Å². The summed E-state index contributed by atoms with van der Waals surface area (Å²) in [5.74, 6) is -1.93. The second-order valence-corrected chi connectivity index (χ2v) is 8.56. The van der Waals surface area contributed by atoms with Gasteiger partial charge in [-0.1, -0.05) is 6.07 Å². The molecule has 0 radical (unpaired) electrons. The molecule has 160 valence electrons.